The van der Waals surface area contributed by atoms with Gasteiger partial charge >= 0.3 is 0 Å². The van der Waals surface area contributed by atoms with E-state index in [1.165, 1.54) is 23.8 Å². The van der Waals surface area contributed by atoms with E-state index in [1.807, 2.05) is 18.2 Å². The number of nitrogens with one attached hydrogen (secondary N) is 1. The molecule has 25 heavy (non-hydrogen) atoms. The summed E-state index contributed by atoms with van der Waals surface area (Å²) in [6, 6.07) is 16.0. The number of hydrogen-bond acceptors (Lipinski definition) is 4. The van der Waals surface area contributed by atoms with Crippen molar-refractivity contribution in [3.05, 3.63) is 70.3 Å². The highest BCUT2D eigenvalue weighted by Crippen LogP contribution is 2.43. The van der Waals surface area contributed by atoms with E-state index in [-0.39, 0.29) is 23.6 Å². The summed E-state index contributed by atoms with van der Waals surface area (Å²) >= 11 is 0. The fourth-order valence-corrected chi connectivity index (χ4v) is 3.12. The number of rotatable bonds is 7. The van der Waals surface area contributed by atoms with Crippen LogP contribution in [0.2, 0.25) is 0 Å². The Balaban J connectivity index is 1.53. The number of nitro benzene ring substituents is 1. The molecule has 1 saturated carbocycles. The summed E-state index contributed by atoms with van der Waals surface area (Å²) in [5.74, 6) is 0.0829. The third-order valence-electron chi connectivity index (χ3n) is 4.72. The molecule has 1 N–H and O–H groups in total. The highest BCUT2D eigenvalue weighted by atomic mass is 16.6. The molecule has 0 atom stereocenters. The number of nitro groups is 1. The van der Waals surface area contributed by atoms with Gasteiger partial charge in [0.15, 0.2) is 6.61 Å². The first-order valence-electron chi connectivity index (χ1n) is 8.29. The number of carbonyl (C=O) groups excluding carboxylic acids is 1. The molecule has 2 aromatic carbocycles. The first kappa shape index (κ1) is 17.0. The Morgan fingerprint density at radius 2 is 1.92 bits per heavy atom. The van der Waals surface area contributed by atoms with Crippen LogP contribution in [0.25, 0.3) is 0 Å². The third kappa shape index (κ3) is 3.96. The van der Waals surface area contributed by atoms with Gasteiger partial charge in [0.25, 0.3) is 11.6 Å². The van der Waals surface area contributed by atoms with Crippen molar-refractivity contribution in [3.63, 3.8) is 0 Å². The lowest BCUT2D eigenvalue weighted by atomic mass is 9.64. The minimum absolute atomic E-state index is 0.0163. The smallest absolute Gasteiger partial charge is 0.273 e. The monoisotopic (exact) mass is 340 g/mol. The minimum Gasteiger partial charge on any atom is -0.484 e. The van der Waals surface area contributed by atoms with Gasteiger partial charge in [0.1, 0.15) is 5.75 Å². The number of non-ortho nitro benzene ring substituents is 1. The summed E-state index contributed by atoms with van der Waals surface area (Å²) in [6.07, 6.45) is 3.28. The minimum atomic E-state index is -0.493. The topological polar surface area (TPSA) is 81.5 Å². The lowest BCUT2D eigenvalue weighted by molar-refractivity contribution is -0.384. The summed E-state index contributed by atoms with van der Waals surface area (Å²) < 4.78 is 5.36. The summed E-state index contributed by atoms with van der Waals surface area (Å²) in [7, 11) is 0. The summed E-state index contributed by atoms with van der Waals surface area (Å²) in [5, 5.41) is 13.7. The molecule has 0 heterocycles. The van der Waals surface area contributed by atoms with Crippen molar-refractivity contribution in [2.45, 2.75) is 24.7 Å². The number of benzene rings is 2. The molecule has 0 aromatic heterocycles. The lowest BCUT2D eigenvalue weighted by Gasteiger charge is -2.42. The van der Waals surface area contributed by atoms with Gasteiger partial charge < -0.3 is 10.1 Å². The van der Waals surface area contributed by atoms with E-state index < -0.39 is 4.92 Å². The van der Waals surface area contributed by atoms with Crippen molar-refractivity contribution in [1.82, 2.24) is 5.32 Å². The normalized spacial score (nSPS) is 15.0. The molecular formula is C19H20N2O4. The van der Waals surface area contributed by atoms with Gasteiger partial charge in [-0.05, 0) is 24.5 Å². The molecular weight excluding hydrogens is 320 g/mol. The molecule has 6 nitrogen and oxygen atoms in total. The Morgan fingerprint density at radius 1 is 1.16 bits per heavy atom. The first-order valence-corrected chi connectivity index (χ1v) is 8.29. The molecule has 1 aliphatic rings. The molecule has 1 amide bonds. The van der Waals surface area contributed by atoms with Gasteiger partial charge in [0.2, 0.25) is 0 Å². The third-order valence-corrected chi connectivity index (χ3v) is 4.72. The zero-order valence-electron chi connectivity index (χ0n) is 13.8. The van der Waals surface area contributed by atoms with E-state index in [0.717, 1.165) is 19.3 Å². The van der Waals surface area contributed by atoms with E-state index >= 15 is 0 Å². The van der Waals surface area contributed by atoms with Crippen LogP contribution >= 0.6 is 0 Å². The van der Waals surface area contributed by atoms with Crippen molar-refractivity contribution in [2.75, 3.05) is 13.2 Å². The summed E-state index contributed by atoms with van der Waals surface area (Å²) in [6.45, 7) is 0.417. The zero-order valence-corrected chi connectivity index (χ0v) is 13.8. The fraction of sp³-hybridized carbons (Fsp3) is 0.316. The average molecular weight is 340 g/mol. The van der Waals surface area contributed by atoms with Crippen LogP contribution in [0.5, 0.6) is 5.75 Å². The maximum absolute atomic E-state index is 12.1. The Kier molecular flexibility index (Phi) is 4.97. The maximum atomic E-state index is 12.1. The Hall–Kier alpha value is -2.89. The predicted octanol–water partition coefficient (Wildman–Crippen LogP) is 3.21. The van der Waals surface area contributed by atoms with E-state index in [1.54, 1.807) is 6.07 Å². The molecule has 0 unspecified atom stereocenters. The van der Waals surface area contributed by atoms with Gasteiger partial charge in [-0.2, -0.15) is 0 Å². The van der Waals surface area contributed by atoms with Crippen LogP contribution in [-0.4, -0.2) is 24.0 Å². The average Bonchev–Trinajstić information content (AvgIpc) is 2.60. The van der Waals surface area contributed by atoms with Gasteiger partial charge in [-0.25, -0.2) is 0 Å². The lowest BCUT2D eigenvalue weighted by Crippen LogP contribution is -2.46. The summed E-state index contributed by atoms with van der Waals surface area (Å²) in [5.41, 5.74) is 1.21. The molecule has 0 radical (unpaired) electrons. The fourth-order valence-electron chi connectivity index (χ4n) is 3.12. The van der Waals surface area contributed by atoms with Crippen LogP contribution in [-0.2, 0) is 10.2 Å². The van der Waals surface area contributed by atoms with Crippen molar-refractivity contribution < 1.29 is 14.5 Å². The molecule has 3 rings (SSSR count). The van der Waals surface area contributed by atoms with Crippen LogP contribution in [0.3, 0.4) is 0 Å². The second-order valence-corrected chi connectivity index (χ2v) is 6.32. The van der Waals surface area contributed by atoms with Crippen LogP contribution < -0.4 is 10.1 Å². The van der Waals surface area contributed by atoms with E-state index in [0.29, 0.717) is 12.3 Å². The number of hydrogen-bond donors (Lipinski definition) is 1. The molecule has 0 saturated heterocycles. The number of nitrogens with zero attached hydrogens (tertiary/aromatic N) is 1. The zero-order chi connectivity index (χ0) is 17.7. The number of amides is 1. The maximum Gasteiger partial charge on any atom is 0.273 e. The molecule has 1 fully saturated rings. The van der Waals surface area contributed by atoms with Crippen LogP contribution in [0, 0.1) is 10.1 Å². The van der Waals surface area contributed by atoms with Gasteiger partial charge in [-0.3, -0.25) is 14.9 Å². The highest BCUT2D eigenvalue weighted by Gasteiger charge is 2.38. The van der Waals surface area contributed by atoms with Crippen molar-refractivity contribution in [2.24, 2.45) is 0 Å². The van der Waals surface area contributed by atoms with Crippen molar-refractivity contribution >= 4 is 11.6 Å². The van der Waals surface area contributed by atoms with Gasteiger partial charge in [0.05, 0.1) is 11.0 Å². The van der Waals surface area contributed by atoms with E-state index in [4.69, 9.17) is 4.74 Å². The Morgan fingerprint density at radius 3 is 2.56 bits per heavy atom. The van der Waals surface area contributed by atoms with E-state index in [2.05, 4.69) is 17.4 Å². The predicted molar refractivity (Wildman–Crippen MR) is 93.6 cm³/mol. The van der Waals surface area contributed by atoms with Gasteiger partial charge in [0, 0.05) is 18.0 Å². The standard InChI is InChI=1S/C19H20N2O4/c22-18(13-25-17-9-4-8-16(12-17)21(23)24)20-14-19(10-5-11-19)15-6-2-1-3-7-15/h1-4,6-9,12H,5,10-11,13-14H2,(H,20,22). The molecule has 130 valence electrons. The second-order valence-electron chi connectivity index (χ2n) is 6.32. The quantitative estimate of drug-likeness (QED) is 0.620. The van der Waals surface area contributed by atoms with Crippen LogP contribution in [0.15, 0.2) is 54.6 Å². The number of ether oxygens (including phenoxy) is 1. The SMILES string of the molecule is O=C(COc1cccc([N+](=O)[O-])c1)NCC1(c2ccccc2)CCC1. The van der Waals surface area contributed by atoms with Crippen molar-refractivity contribution in [3.8, 4) is 5.75 Å². The first-order chi connectivity index (χ1) is 12.1. The largest absolute Gasteiger partial charge is 0.484 e. The summed E-state index contributed by atoms with van der Waals surface area (Å²) in [4.78, 5) is 22.3. The Labute approximate surface area is 146 Å². The van der Waals surface area contributed by atoms with E-state index in [9.17, 15) is 14.9 Å². The number of carbonyl (C=O) groups is 1. The molecule has 1 aliphatic carbocycles. The molecule has 0 spiro atoms. The van der Waals surface area contributed by atoms with Crippen molar-refractivity contribution in [1.29, 1.82) is 0 Å². The molecule has 0 aliphatic heterocycles. The van der Waals surface area contributed by atoms with Crippen LogP contribution in [0.4, 0.5) is 5.69 Å². The molecule has 2 aromatic rings. The molecule has 6 heteroatoms. The van der Waals surface area contributed by atoms with Crippen LogP contribution in [0.1, 0.15) is 24.8 Å². The second kappa shape index (κ2) is 7.34. The highest BCUT2D eigenvalue weighted by molar-refractivity contribution is 5.77. The molecule has 0 bridgehead atoms. The van der Waals surface area contributed by atoms with Gasteiger partial charge in [-0.1, -0.05) is 42.8 Å². The Bertz CT molecular complexity index is 757. The van der Waals surface area contributed by atoms with Gasteiger partial charge in [-0.15, -0.1) is 0 Å².